The fourth-order valence-electron chi connectivity index (χ4n) is 6.01. The zero-order valence-corrected chi connectivity index (χ0v) is 25.9. The van der Waals surface area contributed by atoms with Gasteiger partial charge in [-0.3, -0.25) is 9.59 Å². The second-order valence-corrected chi connectivity index (χ2v) is 14.0. The molecule has 0 bridgehead atoms. The van der Waals surface area contributed by atoms with Crippen LogP contribution in [0.15, 0.2) is 42.5 Å². The van der Waals surface area contributed by atoms with E-state index >= 15 is 0 Å². The summed E-state index contributed by atoms with van der Waals surface area (Å²) in [5, 5.41) is 10.2. The van der Waals surface area contributed by atoms with Gasteiger partial charge in [0.25, 0.3) is 0 Å². The van der Waals surface area contributed by atoms with Gasteiger partial charge in [-0.25, -0.2) is 0 Å². The number of hydrogen-bond donors (Lipinski definition) is 3. The summed E-state index contributed by atoms with van der Waals surface area (Å²) in [6.07, 6.45) is 3.54. The maximum atomic E-state index is 14.4. The van der Waals surface area contributed by atoms with Crippen molar-refractivity contribution >= 4 is 11.8 Å². The molecule has 0 spiro atoms. The van der Waals surface area contributed by atoms with Crippen LogP contribution in [0.4, 0.5) is 0 Å². The number of fused-ring (bicyclic) bond motifs is 2. The van der Waals surface area contributed by atoms with Crippen LogP contribution in [0.5, 0.6) is 0 Å². The summed E-state index contributed by atoms with van der Waals surface area (Å²) in [7, 11) is 1.93. The van der Waals surface area contributed by atoms with E-state index in [1.54, 1.807) is 0 Å². The minimum Gasteiger partial charge on any atom is -0.347 e. The van der Waals surface area contributed by atoms with E-state index in [4.69, 9.17) is 0 Å². The van der Waals surface area contributed by atoms with Crippen molar-refractivity contribution < 1.29 is 9.59 Å². The van der Waals surface area contributed by atoms with E-state index in [9.17, 15) is 9.59 Å². The summed E-state index contributed by atoms with van der Waals surface area (Å²) >= 11 is 0. The summed E-state index contributed by atoms with van der Waals surface area (Å²) in [5.74, 6) is -0.0661. The zero-order chi connectivity index (χ0) is 29.2. The number of nitrogens with one attached hydrogen (secondary N) is 3. The number of hydrogen-bond acceptors (Lipinski definition) is 4. The Balaban J connectivity index is 1.67. The second kappa shape index (κ2) is 12.0. The van der Waals surface area contributed by atoms with E-state index in [1.807, 2.05) is 11.9 Å². The summed E-state index contributed by atoms with van der Waals surface area (Å²) in [5.41, 5.74) is 5.75. The molecule has 40 heavy (non-hydrogen) atoms. The highest BCUT2D eigenvalue weighted by Crippen LogP contribution is 2.33. The Morgan fingerprint density at radius 1 is 1.00 bits per heavy atom. The molecule has 4 rings (SSSR count). The first kappa shape index (κ1) is 30.3. The Labute approximate surface area is 241 Å². The monoisotopic (exact) mass is 546 g/mol. The number of carbonyl (C=O) groups is 2. The first-order valence-electron chi connectivity index (χ1n) is 15.0. The second-order valence-electron chi connectivity index (χ2n) is 14.0. The third-order valence-corrected chi connectivity index (χ3v) is 8.71. The highest BCUT2D eigenvalue weighted by molar-refractivity contribution is 5.91. The van der Waals surface area contributed by atoms with Gasteiger partial charge in [-0.05, 0) is 71.9 Å². The molecule has 0 fully saturated rings. The number of benzene rings is 2. The highest BCUT2D eigenvalue weighted by atomic mass is 16.2. The van der Waals surface area contributed by atoms with Crippen LogP contribution in [-0.2, 0) is 34.4 Å². The molecular formula is C34H50N4O2. The number of likely N-dealkylation sites (N-methyl/N-ethyl adjacent to an activating group) is 1. The first-order chi connectivity index (χ1) is 18.8. The van der Waals surface area contributed by atoms with Crippen molar-refractivity contribution in [1.29, 1.82) is 0 Å². The van der Waals surface area contributed by atoms with E-state index in [1.165, 1.54) is 16.7 Å². The molecule has 4 atom stereocenters. The molecule has 2 aliphatic rings. The highest BCUT2D eigenvalue weighted by Gasteiger charge is 2.42. The quantitative estimate of drug-likeness (QED) is 0.455. The van der Waals surface area contributed by atoms with E-state index in [-0.39, 0.29) is 34.7 Å². The third-order valence-electron chi connectivity index (χ3n) is 8.71. The lowest BCUT2D eigenvalue weighted by atomic mass is 9.81. The van der Waals surface area contributed by atoms with Crippen LogP contribution in [0.25, 0.3) is 0 Å². The van der Waals surface area contributed by atoms with Gasteiger partial charge >= 0.3 is 0 Å². The van der Waals surface area contributed by atoms with Crippen LogP contribution in [-0.4, -0.2) is 48.4 Å². The molecule has 2 amide bonds. The van der Waals surface area contributed by atoms with Crippen molar-refractivity contribution in [3.05, 3.63) is 70.3 Å². The Bertz CT molecular complexity index is 1210. The Hall–Kier alpha value is -2.70. The molecule has 1 aliphatic heterocycles. The molecule has 0 unspecified atom stereocenters. The Morgan fingerprint density at radius 3 is 2.40 bits per heavy atom. The van der Waals surface area contributed by atoms with Gasteiger partial charge in [0.2, 0.25) is 11.8 Å². The van der Waals surface area contributed by atoms with E-state index in [0.717, 1.165) is 30.4 Å². The average molecular weight is 547 g/mol. The first-order valence-corrected chi connectivity index (χ1v) is 15.0. The molecule has 6 heteroatoms. The fraction of sp³-hybridized carbons (Fsp3) is 0.588. The maximum absolute atomic E-state index is 14.4. The number of carbonyl (C=O) groups excluding carboxylic acids is 2. The van der Waals surface area contributed by atoms with Crippen molar-refractivity contribution in [1.82, 2.24) is 20.9 Å². The number of nitrogens with zero attached hydrogens (tertiary/aromatic N) is 1. The molecular weight excluding hydrogens is 496 g/mol. The Kier molecular flexibility index (Phi) is 9.11. The largest absolute Gasteiger partial charge is 0.347 e. The average Bonchev–Trinajstić information content (AvgIpc) is 2.90. The van der Waals surface area contributed by atoms with Crippen LogP contribution in [0, 0.1) is 5.41 Å². The molecule has 0 radical (unpaired) electrons. The van der Waals surface area contributed by atoms with Crippen LogP contribution in [0.1, 0.15) is 95.2 Å². The van der Waals surface area contributed by atoms with Gasteiger partial charge in [-0.2, -0.15) is 0 Å². The fourth-order valence-corrected chi connectivity index (χ4v) is 6.01. The predicted octanol–water partition coefficient (Wildman–Crippen LogP) is 5.04. The van der Waals surface area contributed by atoms with E-state index < -0.39 is 12.1 Å². The van der Waals surface area contributed by atoms with Crippen molar-refractivity contribution in [3.63, 3.8) is 0 Å². The standard InChI is InChI=1S/C34H50N4O2/c1-22(35-8)20-36-30(34(5,6)7)32(40)38-21-25-18-26(33(2,3)4)17-16-24(25)19-29(38)31(39)37-28-15-11-13-23-12-9-10-14-27(23)28/h9-10,12,14,16-18,22,28-30,35-36H,11,13,15,19-21H2,1-8H3,(H,37,39)/t22-,28+,29-,30+/m0/s1. The number of rotatable bonds is 7. The van der Waals surface area contributed by atoms with E-state index in [0.29, 0.717) is 19.5 Å². The lowest BCUT2D eigenvalue weighted by Gasteiger charge is -2.42. The van der Waals surface area contributed by atoms with Crippen molar-refractivity contribution in [3.8, 4) is 0 Å². The number of amides is 2. The van der Waals surface area contributed by atoms with Crippen molar-refractivity contribution in [2.45, 2.75) is 110 Å². The van der Waals surface area contributed by atoms with Gasteiger partial charge in [0.05, 0.1) is 12.1 Å². The molecule has 1 aliphatic carbocycles. The summed E-state index contributed by atoms with van der Waals surface area (Å²) in [4.78, 5) is 30.3. The smallest absolute Gasteiger partial charge is 0.243 e. The minimum atomic E-state index is -0.553. The lowest BCUT2D eigenvalue weighted by molar-refractivity contribution is -0.146. The molecule has 0 saturated heterocycles. The molecule has 2 aromatic rings. The lowest BCUT2D eigenvalue weighted by Crippen LogP contribution is -2.61. The van der Waals surface area contributed by atoms with Gasteiger partial charge < -0.3 is 20.9 Å². The van der Waals surface area contributed by atoms with E-state index in [2.05, 4.69) is 107 Å². The Morgan fingerprint density at radius 2 is 1.73 bits per heavy atom. The predicted molar refractivity (Wildman–Crippen MR) is 163 cm³/mol. The molecule has 3 N–H and O–H groups in total. The zero-order valence-electron chi connectivity index (χ0n) is 25.9. The topological polar surface area (TPSA) is 73.5 Å². The minimum absolute atomic E-state index is 0.00522. The summed E-state index contributed by atoms with van der Waals surface area (Å²) in [6.45, 7) is 16.1. The van der Waals surface area contributed by atoms with Gasteiger partial charge in [-0.1, -0.05) is 84.0 Å². The van der Waals surface area contributed by atoms with Crippen LogP contribution in [0.2, 0.25) is 0 Å². The van der Waals surface area contributed by atoms with Gasteiger partial charge in [0.15, 0.2) is 0 Å². The molecule has 2 aromatic carbocycles. The van der Waals surface area contributed by atoms with Gasteiger partial charge in [0.1, 0.15) is 6.04 Å². The molecule has 218 valence electrons. The molecule has 0 saturated carbocycles. The molecule has 6 nitrogen and oxygen atoms in total. The number of aryl methyl sites for hydroxylation is 1. The molecule has 0 aromatic heterocycles. The van der Waals surface area contributed by atoms with Crippen LogP contribution >= 0.6 is 0 Å². The summed E-state index contributed by atoms with van der Waals surface area (Å²) in [6, 6.07) is 14.2. The maximum Gasteiger partial charge on any atom is 0.243 e. The van der Waals surface area contributed by atoms with Crippen molar-refractivity contribution in [2.75, 3.05) is 13.6 Å². The normalized spacial score (nSPS) is 20.8. The summed E-state index contributed by atoms with van der Waals surface area (Å²) < 4.78 is 0. The molecule has 1 heterocycles. The van der Waals surface area contributed by atoms with Gasteiger partial charge in [0, 0.05) is 25.6 Å². The van der Waals surface area contributed by atoms with Crippen molar-refractivity contribution in [2.24, 2.45) is 5.41 Å². The SMILES string of the molecule is CN[C@@H](C)CN[C@H](C(=O)N1Cc2cc(C(C)(C)C)ccc2C[C@H]1C(=O)N[C@@H]1CCCc2ccccc21)C(C)(C)C. The third kappa shape index (κ3) is 6.77. The van der Waals surface area contributed by atoms with Gasteiger partial charge in [-0.15, -0.1) is 0 Å². The van der Waals surface area contributed by atoms with Crippen LogP contribution < -0.4 is 16.0 Å². The van der Waals surface area contributed by atoms with Crippen LogP contribution in [0.3, 0.4) is 0 Å².